The van der Waals surface area contributed by atoms with Gasteiger partial charge in [0, 0.05) is 31.3 Å². The van der Waals surface area contributed by atoms with Crippen molar-refractivity contribution in [3.8, 4) is 5.88 Å². The molecule has 28 heavy (non-hydrogen) atoms. The second-order valence-corrected chi connectivity index (χ2v) is 7.83. The molecule has 1 fully saturated rings. The van der Waals surface area contributed by atoms with E-state index in [9.17, 15) is 0 Å². The fourth-order valence-corrected chi connectivity index (χ4v) is 4.24. The first-order valence-electron chi connectivity index (χ1n) is 10.0. The van der Waals surface area contributed by atoms with Crippen molar-refractivity contribution >= 4 is 11.2 Å². The minimum Gasteiger partial charge on any atom is -0.481 e. The third-order valence-electron chi connectivity index (χ3n) is 5.63. The fourth-order valence-electron chi connectivity index (χ4n) is 4.24. The number of ether oxygens (including phenoxy) is 1. The van der Waals surface area contributed by atoms with Gasteiger partial charge in [-0.3, -0.25) is 4.90 Å². The molecule has 0 aromatic carbocycles. The average molecular weight is 380 g/mol. The van der Waals surface area contributed by atoms with Crippen LogP contribution in [0.25, 0.3) is 11.2 Å². The Kier molecular flexibility index (Phi) is 5.31. The summed E-state index contributed by atoms with van der Waals surface area (Å²) in [5.41, 5.74) is 4.84. The summed E-state index contributed by atoms with van der Waals surface area (Å²) in [6.45, 7) is 8.30. The minimum atomic E-state index is 0.262. The SMILES string of the molecule is COc1cc(C[C@H]2CCCN([C@@H](C)c3ccc4oc(C)nc4n3)C2)cc(C)n1. The number of aryl methyl sites for hydroxylation is 2. The predicted molar refractivity (Wildman–Crippen MR) is 108 cm³/mol. The molecule has 6 heteroatoms. The maximum absolute atomic E-state index is 5.56. The summed E-state index contributed by atoms with van der Waals surface area (Å²) >= 11 is 0. The van der Waals surface area contributed by atoms with Crippen molar-refractivity contribution in [2.75, 3.05) is 20.2 Å². The second-order valence-electron chi connectivity index (χ2n) is 7.83. The van der Waals surface area contributed by atoms with Crippen LogP contribution in [0.2, 0.25) is 0 Å². The van der Waals surface area contributed by atoms with Crippen LogP contribution in [-0.4, -0.2) is 40.1 Å². The van der Waals surface area contributed by atoms with Crippen LogP contribution in [0.1, 0.15) is 48.6 Å². The zero-order valence-electron chi connectivity index (χ0n) is 17.1. The monoisotopic (exact) mass is 380 g/mol. The van der Waals surface area contributed by atoms with Gasteiger partial charge in [0.1, 0.15) is 0 Å². The number of oxazole rings is 1. The molecule has 1 aliphatic rings. The van der Waals surface area contributed by atoms with Gasteiger partial charge >= 0.3 is 0 Å². The van der Waals surface area contributed by atoms with E-state index < -0.39 is 0 Å². The van der Waals surface area contributed by atoms with E-state index in [-0.39, 0.29) is 6.04 Å². The summed E-state index contributed by atoms with van der Waals surface area (Å²) in [7, 11) is 1.68. The summed E-state index contributed by atoms with van der Waals surface area (Å²) in [5.74, 6) is 1.99. The first-order valence-corrected chi connectivity index (χ1v) is 10.0. The Bertz CT molecular complexity index is 968. The Hall–Kier alpha value is -2.47. The van der Waals surface area contributed by atoms with E-state index in [1.54, 1.807) is 7.11 Å². The van der Waals surface area contributed by atoms with Gasteiger partial charge in [0.15, 0.2) is 17.1 Å². The molecule has 0 saturated carbocycles. The van der Waals surface area contributed by atoms with Crippen molar-refractivity contribution in [3.05, 3.63) is 47.1 Å². The number of fused-ring (bicyclic) bond motifs is 1. The molecule has 0 unspecified atom stereocenters. The van der Waals surface area contributed by atoms with E-state index in [1.807, 2.05) is 19.9 Å². The molecular formula is C22H28N4O2. The largest absolute Gasteiger partial charge is 0.481 e. The topological polar surface area (TPSA) is 64.3 Å². The number of methoxy groups -OCH3 is 1. The van der Waals surface area contributed by atoms with E-state index in [4.69, 9.17) is 14.1 Å². The lowest BCUT2D eigenvalue weighted by atomic mass is 9.90. The van der Waals surface area contributed by atoms with Crippen LogP contribution in [0.3, 0.4) is 0 Å². The van der Waals surface area contributed by atoms with Crippen LogP contribution in [0.15, 0.2) is 28.7 Å². The van der Waals surface area contributed by atoms with Crippen LogP contribution in [0.4, 0.5) is 0 Å². The van der Waals surface area contributed by atoms with E-state index in [2.05, 4.69) is 40.0 Å². The van der Waals surface area contributed by atoms with Crippen LogP contribution in [-0.2, 0) is 6.42 Å². The van der Waals surface area contributed by atoms with Crippen LogP contribution >= 0.6 is 0 Å². The quantitative estimate of drug-likeness (QED) is 0.659. The Morgan fingerprint density at radius 1 is 1.21 bits per heavy atom. The molecule has 1 saturated heterocycles. The lowest BCUT2D eigenvalue weighted by Crippen LogP contribution is -2.38. The zero-order chi connectivity index (χ0) is 19.7. The molecule has 3 aromatic rings. The minimum absolute atomic E-state index is 0.262. The normalized spacial score (nSPS) is 19.1. The molecule has 3 aromatic heterocycles. The third-order valence-corrected chi connectivity index (χ3v) is 5.63. The van der Waals surface area contributed by atoms with Crippen molar-refractivity contribution in [3.63, 3.8) is 0 Å². The standard InChI is InChI=1S/C22H28N4O2/c1-14-10-18(12-21(23-14)27-4)11-17-6-5-9-26(13-17)15(2)19-7-8-20-22(25-19)24-16(3)28-20/h7-8,10,12,15,17H,5-6,9,11,13H2,1-4H3/t15-,17+/m0/s1. The molecule has 0 N–H and O–H groups in total. The van der Waals surface area contributed by atoms with E-state index >= 15 is 0 Å². The van der Waals surface area contributed by atoms with Gasteiger partial charge < -0.3 is 9.15 Å². The number of hydrogen-bond acceptors (Lipinski definition) is 6. The maximum atomic E-state index is 5.56. The molecule has 0 radical (unpaired) electrons. The van der Waals surface area contributed by atoms with Gasteiger partial charge in [-0.1, -0.05) is 0 Å². The number of rotatable bonds is 5. The molecule has 148 valence electrons. The van der Waals surface area contributed by atoms with E-state index in [0.717, 1.165) is 36.5 Å². The highest BCUT2D eigenvalue weighted by molar-refractivity contribution is 5.67. The maximum Gasteiger partial charge on any atom is 0.213 e. The molecule has 2 atom stereocenters. The van der Waals surface area contributed by atoms with Gasteiger partial charge in [0.25, 0.3) is 0 Å². The van der Waals surface area contributed by atoms with E-state index in [1.165, 1.54) is 18.4 Å². The summed E-state index contributed by atoms with van der Waals surface area (Å²) in [5, 5.41) is 0. The summed E-state index contributed by atoms with van der Waals surface area (Å²) < 4.78 is 10.9. The van der Waals surface area contributed by atoms with Gasteiger partial charge in [-0.05, 0) is 69.3 Å². The predicted octanol–water partition coefficient (Wildman–Crippen LogP) is 4.26. The van der Waals surface area contributed by atoms with Crippen molar-refractivity contribution < 1.29 is 9.15 Å². The van der Waals surface area contributed by atoms with Crippen LogP contribution in [0, 0.1) is 19.8 Å². The lowest BCUT2D eigenvalue weighted by Gasteiger charge is -2.36. The number of piperidine rings is 1. The van der Waals surface area contributed by atoms with Crippen molar-refractivity contribution in [1.29, 1.82) is 0 Å². The summed E-state index contributed by atoms with van der Waals surface area (Å²) in [6.07, 6.45) is 3.52. The highest BCUT2D eigenvalue weighted by Gasteiger charge is 2.26. The second kappa shape index (κ2) is 7.87. The fraction of sp³-hybridized carbons (Fsp3) is 0.500. The van der Waals surface area contributed by atoms with Crippen molar-refractivity contribution in [2.45, 2.75) is 46.1 Å². The molecule has 0 amide bonds. The number of pyridine rings is 2. The highest BCUT2D eigenvalue weighted by atomic mass is 16.5. The molecule has 4 heterocycles. The van der Waals surface area contributed by atoms with Crippen LogP contribution < -0.4 is 4.74 Å². The van der Waals surface area contributed by atoms with E-state index in [0.29, 0.717) is 23.3 Å². The van der Waals surface area contributed by atoms with Gasteiger partial charge in [-0.15, -0.1) is 0 Å². The van der Waals surface area contributed by atoms with Gasteiger partial charge in [-0.2, -0.15) is 4.98 Å². The Morgan fingerprint density at radius 3 is 2.89 bits per heavy atom. The lowest BCUT2D eigenvalue weighted by molar-refractivity contribution is 0.129. The molecule has 6 nitrogen and oxygen atoms in total. The first kappa shape index (κ1) is 18.9. The Morgan fingerprint density at radius 2 is 2.07 bits per heavy atom. The first-order chi connectivity index (χ1) is 13.5. The third kappa shape index (κ3) is 4.02. The summed E-state index contributed by atoms with van der Waals surface area (Å²) in [6, 6.07) is 8.56. The highest BCUT2D eigenvalue weighted by Crippen LogP contribution is 2.29. The number of likely N-dealkylation sites (tertiary alicyclic amines) is 1. The van der Waals surface area contributed by atoms with Gasteiger partial charge in [-0.25, -0.2) is 9.97 Å². The van der Waals surface area contributed by atoms with Crippen molar-refractivity contribution in [2.24, 2.45) is 5.92 Å². The Balaban J connectivity index is 1.47. The molecule has 1 aliphatic heterocycles. The molecule has 0 aliphatic carbocycles. The number of aromatic nitrogens is 3. The molecule has 4 rings (SSSR count). The Labute approximate surface area is 166 Å². The zero-order valence-corrected chi connectivity index (χ0v) is 17.1. The number of hydrogen-bond donors (Lipinski definition) is 0. The number of nitrogens with zero attached hydrogens (tertiary/aromatic N) is 4. The molecule has 0 bridgehead atoms. The van der Waals surface area contributed by atoms with Gasteiger partial charge in [0.05, 0.1) is 12.8 Å². The average Bonchev–Trinajstić information content (AvgIpc) is 3.06. The van der Waals surface area contributed by atoms with Gasteiger partial charge in [0.2, 0.25) is 5.88 Å². The van der Waals surface area contributed by atoms with Crippen LogP contribution in [0.5, 0.6) is 5.88 Å². The summed E-state index contributed by atoms with van der Waals surface area (Å²) in [4.78, 5) is 16.1. The molecular weight excluding hydrogens is 352 g/mol. The smallest absolute Gasteiger partial charge is 0.213 e. The van der Waals surface area contributed by atoms with Crippen molar-refractivity contribution in [1.82, 2.24) is 19.9 Å². The molecule has 0 spiro atoms.